The van der Waals surface area contributed by atoms with Crippen molar-refractivity contribution in [3.05, 3.63) is 75.3 Å². The summed E-state index contributed by atoms with van der Waals surface area (Å²) in [6, 6.07) is 13.9. The van der Waals surface area contributed by atoms with Gasteiger partial charge in [0.1, 0.15) is 5.65 Å². The van der Waals surface area contributed by atoms with E-state index in [-0.39, 0.29) is 5.56 Å². The monoisotopic (exact) mass is 390 g/mol. The summed E-state index contributed by atoms with van der Waals surface area (Å²) in [6.45, 7) is 4.70. The zero-order valence-electron chi connectivity index (χ0n) is 15.8. The lowest BCUT2D eigenvalue weighted by atomic mass is 9.98. The van der Waals surface area contributed by atoms with Gasteiger partial charge >= 0.3 is 0 Å². The molecule has 0 amide bonds. The molecule has 28 heavy (non-hydrogen) atoms. The second kappa shape index (κ2) is 7.11. The minimum atomic E-state index is -0.0107. The predicted molar refractivity (Wildman–Crippen MR) is 113 cm³/mol. The van der Waals surface area contributed by atoms with Gasteiger partial charge in [-0.2, -0.15) is 0 Å². The summed E-state index contributed by atoms with van der Waals surface area (Å²) in [4.78, 5) is 24.5. The van der Waals surface area contributed by atoms with Gasteiger partial charge in [-0.25, -0.2) is 9.97 Å². The van der Waals surface area contributed by atoms with E-state index in [2.05, 4.69) is 23.1 Å². The summed E-state index contributed by atoms with van der Waals surface area (Å²) in [7, 11) is 0. The molecule has 0 N–H and O–H groups in total. The molecule has 0 saturated carbocycles. The molecule has 5 nitrogen and oxygen atoms in total. The maximum absolute atomic E-state index is 12.5. The Kier molecular flexibility index (Phi) is 4.45. The van der Waals surface area contributed by atoms with Gasteiger partial charge in [-0.1, -0.05) is 18.2 Å². The Hall–Kier alpha value is -2.57. The van der Waals surface area contributed by atoms with Crippen LogP contribution in [-0.4, -0.2) is 32.4 Å². The number of likely N-dealkylation sites (tertiary alicyclic amines) is 1. The molecule has 0 spiro atoms. The van der Waals surface area contributed by atoms with E-state index in [0.29, 0.717) is 18.1 Å². The Morgan fingerprint density at radius 2 is 2.07 bits per heavy atom. The molecule has 1 aliphatic heterocycles. The molecular weight excluding hydrogens is 368 g/mol. The Balaban J connectivity index is 1.37. The molecule has 1 aromatic carbocycles. The SMILES string of the molecule is Cc1ccc2nc(CN3CCC[C@@H](c4nc5ccccc5s4)C3)cc(=O)n2c1. The first-order chi connectivity index (χ1) is 13.7. The molecule has 1 atom stereocenters. The number of aryl methyl sites for hydroxylation is 1. The van der Waals surface area contributed by atoms with Crippen molar-refractivity contribution in [2.45, 2.75) is 32.2 Å². The first-order valence-corrected chi connectivity index (χ1v) is 10.5. The van der Waals surface area contributed by atoms with Crippen LogP contribution in [-0.2, 0) is 6.54 Å². The van der Waals surface area contributed by atoms with Gasteiger partial charge in [0, 0.05) is 31.3 Å². The highest BCUT2D eigenvalue weighted by molar-refractivity contribution is 7.18. The fourth-order valence-corrected chi connectivity index (χ4v) is 5.13. The van der Waals surface area contributed by atoms with E-state index >= 15 is 0 Å². The minimum absolute atomic E-state index is 0.0107. The molecule has 4 aromatic rings. The largest absolute Gasteiger partial charge is 0.297 e. The zero-order valence-corrected chi connectivity index (χ0v) is 16.7. The van der Waals surface area contributed by atoms with E-state index in [4.69, 9.17) is 9.97 Å². The van der Waals surface area contributed by atoms with Gasteiger partial charge in [-0.05, 0) is 50.1 Å². The molecule has 3 aromatic heterocycles. The summed E-state index contributed by atoms with van der Waals surface area (Å²) in [6.07, 6.45) is 4.16. The van der Waals surface area contributed by atoms with Crippen LogP contribution < -0.4 is 5.56 Å². The Labute approximate surface area is 167 Å². The number of rotatable bonds is 3. The van der Waals surface area contributed by atoms with Gasteiger partial charge in [0.15, 0.2) is 0 Å². The molecular formula is C22H22N4OS. The smallest absolute Gasteiger partial charge is 0.258 e. The summed E-state index contributed by atoms with van der Waals surface area (Å²) in [5.41, 5.74) is 3.70. The number of para-hydroxylation sites is 1. The predicted octanol–water partition coefficient (Wildman–Crippen LogP) is 3.99. The highest BCUT2D eigenvalue weighted by Gasteiger charge is 2.24. The van der Waals surface area contributed by atoms with E-state index in [1.165, 1.54) is 16.1 Å². The van der Waals surface area contributed by atoms with Crippen molar-refractivity contribution in [3.63, 3.8) is 0 Å². The van der Waals surface area contributed by atoms with E-state index in [1.807, 2.05) is 42.7 Å². The van der Waals surface area contributed by atoms with Gasteiger partial charge < -0.3 is 0 Å². The number of piperidine rings is 1. The summed E-state index contributed by atoms with van der Waals surface area (Å²) < 4.78 is 2.88. The normalized spacial score (nSPS) is 18.1. The third-order valence-electron chi connectivity index (χ3n) is 5.41. The van der Waals surface area contributed by atoms with Crippen molar-refractivity contribution in [2.75, 3.05) is 13.1 Å². The standard InChI is InChI=1S/C22H22N4OS/c1-15-8-9-20-23-17(11-21(27)26(20)12-15)14-25-10-4-5-16(13-25)22-24-18-6-2-3-7-19(18)28-22/h2-3,6-9,11-12,16H,4-5,10,13-14H2,1H3/t16-/m1/s1. The van der Waals surface area contributed by atoms with Crippen molar-refractivity contribution in [1.29, 1.82) is 0 Å². The second-order valence-electron chi connectivity index (χ2n) is 7.61. The lowest BCUT2D eigenvalue weighted by Crippen LogP contribution is -2.34. The van der Waals surface area contributed by atoms with Crippen LogP contribution in [0.5, 0.6) is 0 Å². The third-order valence-corrected chi connectivity index (χ3v) is 6.61. The Morgan fingerprint density at radius 3 is 2.96 bits per heavy atom. The Bertz CT molecular complexity index is 1180. The maximum atomic E-state index is 12.5. The van der Waals surface area contributed by atoms with Crippen LogP contribution in [0.4, 0.5) is 0 Å². The summed E-state index contributed by atoms with van der Waals surface area (Å²) in [5, 5.41) is 1.23. The molecule has 1 fully saturated rings. The minimum Gasteiger partial charge on any atom is -0.297 e. The molecule has 5 rings (SSSR count). The summed E-state index contributed by atoms with van der Waals surface area (Å²) in [5.74, 6) is 0.454. The van der Waals surface area contributed by atoms with Crippen molar-refractivity contribution >= 4 is 27.2 Å². The molecule has 0 bridgehead atoms. The van der Waals surface area contributed by atoms with Gasteiger partial charge in [0.2, 0.25) is 0 Å². The highest BCUT2D eigenvalue weighted by atomic mass is 32.1. The second-order valence-corrected chi connectivity index (χ2v) is 8.68. The first kappa shape index (κ1) is 17.5. The van der Waals surface area contributed by atoms with E-state index < -0.39 is 0 Å². The van der Waals surface area contributed by atoms with E-state index in [0.717, 1.165) is 36.3 Å². The molecule has 1 saturated heterocycles. The number of nitrogens with zero attached hydrogens (tertiary/aromatic N) is 4. The molecule has 6 heteroatoms. The number of thiazole rings is 1. The zero-order chi connectivity index (χ0) is 19.1. The highest BCUT2D eigenvalue weighted by Crippen LogP contribution is 2.33. The lowest BCUT2D eigenvalue weighted by molar-refractivity contribution is 0.198. The summed E-state index contributed by atoms with van der Waals surface area (Å²) >= 11 is 1.81. The van der Waals surface area contributed by atoms with Gasteiger partial charge in [0.25, 0.3) is 5.56 Å². The average molecular weight is 391 g/mol. The van der Waals surface area contributed by atoms with E-state index in [1.54, 1.807) is 10.5 Å². The number of hydrogen-bond acceptors (Lipinski definition) is 5. The maximum Gasteiger partial charge on any atom is 0.258 e. The van der Waals surface area contributed by atoms with Crippen molar-refractivity contribution in [3.8, 4) is 0 Å². The van der Waals surface area contributed by atoms with Crippen molar-refractivity contribution in [1.82, 2.24) is 19.3 Å². The van der Waals surface area contributed by atoms with Crippen LogP contribution in [0.2, 0.25) is 0 Å². The van der Waals surface area contributed by atoms with Crippen LogP contribution in [0.15, 0.2) is 53.5 Å². The fraction of sp³-hybridized carbons (Fsp3) is 0.318. The number of aromatic nitrogens is 3. The fourth-order valence-electron chi connectivity index (χ4n) is 4.03. The average Bonchev–Trinajstić information content (AvgIpc) is 3.13. The molecule has 142 valence electrons. The third kappa shape index (κ3) is 3.34. The van der Waals surface area contributed by atoms with Crippen LogP contribution in [0.25, 0.3) is 15.9 Å². The molecule has 0 aliphatic carbocycles. The molecule has 0 radical (unpaired) electrons. The molecule has 0 unspecified atom stereocenters. The van der Waals surface area contributed by atoms with Gasteiger partial charge in [-0.3, -0.25) is 14.1 Å². The van der Waals surface area contributed by atoms with Crippen molar-refractivity contribution < 1.29 is 0 Å². The quantitative estimate of drug-likeness (QED) is 0.531. The molecule has 4 heterocycles. The van der Waals surface area contributed by atoms with Crippen LogP contribution in [0.1, 0.15) is 35.0 Å². The van der Waals surface area contributed by atoms with Crippen LogP contribution in [0.3, 0.4) is 0 Å². The lowest BCUT2D eigenvalue weighted by Gasteiger charge is -2.31. The van der Waals surface area contributed by atoms with Gasteiger partial charge in [0.05, 0.1) is 20.9 Å². The number of hydrogen-bond donors (Lipinski definition) is 0. The van der Waals surface area contributed by atoms with E-state index in [9.17, 15) is 4.79 Å². The molecule has 1 aliphatic rings. The van der Waals surface area contributed by atoms with Crippen LogP contribution in [0, 0.1) is 6.92 Å². The number of fused-ring (bicyclic) bond motifs is 2. The van der Waals surface area contributed by atoms with Crippen LogP contribution >= 0.6 is 11.3 Å². The number of pyridine rings is 1. The first-order valence-electron chi connectivity index (χ1n) is 9.72. The van der Waals surface area contributed by atoms with Crippen molar-refractivity contribution in [2.24, 2.45) is 0 Å². The Morgan fingerprint density at radius 1 is 1.18 bits per heavy atom. The topological polar surface area (TPSA) is 50.5 Å². The number of benzene rings is 1. The van der Waals surface area contributed by atoms with Gasteiger partial charge in [-0.15, -0.1) is 11.3 Å².